The van der Waals surface area contributed by atoms with Gasteiger partial charge in [-0.25, -0.2) is 4.79 Å². The smallest absolute Gasteiger partial charge is 0.314 e. The molecule has 0 aromatic carbocycles. The summed E-state index contributed by atoms with van der Waals surface area (Å²) in [5.41, 5.74) is 5.27. The normalized spacial score (nSPS) is 28.2. The van der Waals surface area contributed by atoms with Crippen LogP contribution in [-0.4, -0.2) is 60.6 Å². The molecule has 102 valence electrons. The van der Waals surface area contributed by atoms with E-state index in [2.05, 4.69) is 0 Å². The van der Waals surface area contributed by atoms with Gasteiger partial charge in [-0.3, -0.25) is 4.79 Å². The maximum Gasteiger partial charge on any atom is 0.314 e. The number of likely N-dealkylation sites (tertiary alicyclic amines) is 1. The van der Waals surface area contributed by atoms with E-state index in [-0.39, 0.29) is 18.1 Å². The molecule has 2 N–H and O–H groups in total. The summed E-state index contributed by atoms with van der Waals surface area (Å²) >= 11 is 0. The summed E-state index contributed by atoms with van der Waals surface area (Å²) in [5.74, 6) is 0.0649. The molecule has 0 saturated carbocycles. The molecule has 2 saturated heterocycles. The molecule has 0 radical (unpaired) electrons. The van der Waals surface area contributed by atoms with Gasteiger partial charge in [0.2, 0.25) is 0 Å². The van der Waals surface area contributed by atoms with Gasteiger partial charge in [0, 0.05) is 26.7 Å². The Balaban J connectivity index is 1.93. The number of urea groups is 1. The Morgan fingerprint density at radius 1 is 1.33 bits per heavy atom. The predicted octanol–water partition coefficient (Wildman–Crippen LogP) is 0.167. The predicted molar refractivity (Wildman–Crippen MR) is 65.9 cm³/mol. The van der Waals surface area contributed by atoms with Crippen LogP contribution in [0.2, 0.25) is 0 Å². The van der Waals surface area contributed by atoms with Gasteiger partial charge in [0.25, 0.3) is 5.91 Å². The van der Waals surface area contributed by atoms with Gasteiger partial charge in [0.05, 0.1) is 6.04 Å². The number of carbonyl (C=O) groups excluding carboxylic acids is 2. The summed E-state index contributed by atoms with van der Waals surface area (Å²) in [6.45, 7) is 1.99. The molecule has 0 bridgehead atoms. The molecule has 2 heterocycles. The van der Waals surface area contributed by atoms with E-state index in [0.717, 1.165) is 32.2 Å². The van der Waals surface area contributed by atoms with Crippen molar-refractivity contribution in [2.45, 2.75) is 37.8 Å². The van der Waals surface area contributed by atoms with E-state index in [1.54, 1.807) is 7.05 Å². The zero-order valence-corrected chi connectivity index (χ0v) is 10.8. The second kappa shape index (κ2) is 5.56. The molecule has 0 aliphatic carbocycles. The van der Waals surface area contributed by atoms with Crippen molar-refractivity contribution in [1.29, 1.82) is 0 Å². The molecule has 2 aliphatic heterocycles. The van der Waals surface area contributed by atoms with E-state index < -0.39 is 6.03 Å². The first-order valence-corrected chi connectivity index (χ1v) is 6.52. The van der Waals surface area contributed by atoms with Crippen LogP contribution in [0.4, 0.5) is 4.79 Å². The lowest BCUT2D eigenvalue weighted by Gasteiger charge is -2.37. The van der Waals surface area contributed by atoms with Crippen LogP contribution in [0.25, 0.3) is 0 Å². The number of ether oxygens (including phenoxy) is 1. The summed E-state index contributed by atoms with van der Waals surface area (Å²) in [5, 5.41) is 0. The number of hydrogen-bond acceptors (Lipinski definition) is 3. The summed E-state index contributed by atoms with van der Waals surface area (Å²) < 4.78 is 5.41. The number of carbonyl (C=O) groups is 2. The second-order valence-corrected chi connectivity index (χ2v) is 5.03. The number of nitrogens with zero attached hydrogens (tertiary/aromatic N) is 2. The molecule has 0 aromatic heterocycles. The van der Waals surface area contributed by atoms with Crippen LogP contribution in [0.3, 0.4) is 0 Å². The third kappa shape index (κ3) is 2.75. The molecular weight excluding hydrogens is 234 g/mol. The molecule has 0 unspecified atom stereocenters. The van der Waals surface area contributed by atoms with Gasteiger partial charge in [-0.05, 0) is 25.7 Å². The first-order valence-electron chi connectivity index (χ1n) is 6.52. The first-order chi connectivity index (χ1) is 8.59. The molecular formula is C12H21N3O3. The topological polar surface area (TPSA) is 75.9 Å². The Labute approximate surface area is 107 Å². The van der Waals surface area contributed by atoms with Crippen LogP contribution in [0, 0.1) is 0 Å². The van der Waals surface area contributed by atoms with E-state index in [9.17, 15) is 9.59 Å². The van der Waals surface area contributed by atoms with Gasteiger partial charge in [-0.15, -0.1) is 0 Å². The second-order valence-electron chi connectivity index (χ2n) is 5.03. The molecule has 0 spiro atoms. The first kappa shape index (κ1) is 13.1. The van der Waals surface area contributed by atoms with Crippen molar-refractivity contribution in [2.75, 3.05) is 26.7 Å². The molecule has 6 heteroatoms. The van der Waals surface area contributed by atoms with E-state index >= 15 is 0 Å². The third-order valence-electron chi connectivity index (χ3n) is 3.81. The van der Waals surface area contributed by atoms with Crippen molar-refractivity contribution in [3.05, 3.63) is 0 Å². The Morgan fingerprint density at radius 2 is 2.11 bits per heavy atom. The molecule has 18 heavy (non-hydrogen) atoms. The van der Waals surface area contributed by atoms with Crippen molar-refractivity contribution in [1.82, 2.24) is 9.80 Å². The Kier molecular flexibility index (Phi) is 4.06. The van der Waals surface area contributed by atoms with Gasteiger partial charge >= 0.3 is 6.03 Å². The standard InChI is InChI=1S/C12H21N3O3/c1-14(12(13)17)9-4-2-6-15(8-9)11(16)10-5-3-7-18-10/h9-10H,2-8H2,1H3,(H2,13,17)/t9-,10-/m1/s1. The number of hydrogen-bond donors (Lipinski definition) is 1. The quantitative estimate of drug-likeness (QED) is 0.764. The Hall–Kier alpha value is -1.30. The lowest BCUT2D eigenvalue weighted by atomic mass is 10.0. The molecule has 3 amide bonds. The average molecular weight is 255 g/mol. The van der Waals surface area contributed by atoms with Crippen molar-refractivity contribution >= 4 is 11.9 Å². The van der Waals surface area contributed by atoms with Crippen LogP contribution in [0.5, 0.6) is 0 Å². The highest BCUT2D eigenvalue weighted by molar-refractivity contribution is 5.81. The van der Waals surface area contributed by atoms with Crippen molar-refractivity contribution in [2.24, 2.45) is 5.73 Å². The zero-order chi connectivity index (χ0) is 13.1. The van der Waals surface area contributed by atoms with Crippen molar-refractivity contribution < 1.29 is 14.3 Å². The van der Waals surface area contributed by atoms with Gasteiger partial charge in [-0.2, -0.15) is 0 Å². The van der Waals surface area contributed by atoms with Gasteiger partial charge in [0.1, 0.15) is 6.10 Å². The minimum absolute atomic E-state index is 0.0293. The lowest BCUT2D eigenvalue weighted by Crippen LogP contribution is -2.53. The zero-order valence-electron chi connectivity index (χ0n) is 10.8. The highest BCUT2D eigenvalue weighted by atomic mass is 16.5. The van der Waals surface area contributed by atoms with Crippen LogP contribution in [-0.2, 0) is 9.53 Å². The SMILES string of the molecule is CN(C(N)=O)[C@@H]1CCCN(C(=O)[C@H]2CCCO2)C1. The fraction of sp³-hybridized carbons (Fsp3) is 0.833. The minimum Gasteiger partial charge on any atom is -0.368 e. The molecule has 2 atom stereocenters. The third-order valence-corrected chi connectivity index (χ3v) is 3.81. The maximum absolute atomic E-state index is 12.2. The van der Waals surface area contributed by atoms with E-state index in [0.29, 0.717) is 13.2 Å². The van der Waals surface area contributed by atoms with Gasteiger partial charge in [-0.1, -0.05) is 0 Å². The molecule has 2 fully saturated rings. The van der Waals surface area contributed by atoms with E-state index in [1.165, 1.54) is 4.90 Å². The average Bonchev–Trinajstić information content (AvgIpc) is 2.91. The monoisotopic (exact) mass is 255 g/mol. The van der Waals surface area contributed by atoms with Crippen molar-refractivity contribution in [3.8, 4) is 0 Å². The van der Waals surface area contributed by atoms with Gasteiger partial charge in [0.15, 0.2) is 0 Å². The fourth-order valence-electron chi connectivity index (χ4n) is 2.63. The summed E-state index contributed by atoms with van der Waals surface area (Å²) in [6.07, 6.45) is 3.29. The largest absolute Gasteiger partial charge is 0.368 e. The summed E-state index contributed by atoms with van der Waals surface area (Å²) in [6, 6.07) is -0.409. The van der Waals surface area contributed by atoms with Crippen LogP contribution >= 0.6 is 0 Å². The van der Waals surface area contributed by atoms with E-state index in [1.807, 2.05) is 4.90 Å². The maximum atomic E-state index is 12.2. The van der Waals surface area contributed by atoms with Gasteiger partial charge < -0.3 is 20.3 Å². The molecule has 2 rings (SSSR count). The Bertz CT molecular complexity index is 329. The van der Waals surface area contributed by atoms with Crippen LogP contribution in [0.1, 0.15) is 25.7 Å². The summed E-state index contributed by atoms with van der Waals surface area (Å²) in [7, 11) is 1.69. The lowest BCUT2D eigenvalue weighted by molar-refractivity contribution is -0.142. The number of piperidine rings is 1. The number of likely N-dealkylation sites (N-methyl/N-ethyl adjacent to an activating group) is 1. The number of primary amides is 1. The van der Waals surface area contributed by atoms with Crippen molar-refractivity contribution in [3.63, 3.8) is 0 Å². The highest BCUT2D eigenvalue weighted by Gasteiger charge is 2.33. The molecule has 2 aliphatic rings. The van der Waals surface area contributed by atoms with Crippen LogP contribution in [0.15, 0.2) is 0 Å². The fourth-order valence-corrected chi connectivity index (χ4v) is 2.63. The number of amides is 3. The molecule has 6 nitrogen and oxygen atoms in total. The minimum atomic E-state index is -0.439. The van der Waals surface area contributed by atoms with E-state index in [4.69, 9.17) is 10.5 Å². The molecule has 0 aromatic rings. The Morgan fingerprint density at radius 3 is 2.72 bits per heavy atom. The highest BCUT2D eigenvalue weighted by Crippen LogP contribution is 2.20. The number of nitrogens with two attached hydrogens (primary N) is 1. The number of rotatable bonds is 2. The summed E-state index contributed by atoms with van der Waals surface area (Å²) in [4.78, 5) is 26.7. The van der Waals surface area contributed by atoms with Crippen LogP contribution < -0.4 is 5.73 Å².